The van der Waals surface area contributed by atoms with Crippen LogP contribution in [0.15, 0.2) is 0 Å². The summed E-state index contributed by atoms with van der Waals surface area (Å²) < 4.78 is 13.1. The van der Waals surface area contributed by atoms with E-state index in [0.717, 1.165) is 6.26 Å². The summed E-state index contributed by atoms with van der Waals surface area (Å²) in [7, 11) is 0. The third kappa shape index (κ3) is 5.35. The van der Waals surface area contributed by atoms with Crippen molar-refractivity contribution in [1.29, 1.82) is 0 Å². The summed E-state index contributed by atoms with van der Waals surface area (Å²) in [5.74, 6) is 0. The summed E-state index contributed by atoms with van der Waals surface area (Å²) in [6, 6.07) is 0. The first kappa shape index (κ1) is 6.35. The van der Waals surface area contributed by atoms with Gasteiger partial charge in [0.15, 0.2) is 11.1 Å². The Hall–Kier alpha value is -0.650. The van der Waals surface area contributed by atoms with E-state index in [-0.39, 0.29) is 0 Å². The molecule has 0 aromatic carbocycles. The summed E-state index contributed by atoms with van der Waals surface area (Å²) in [5, 5.41) is 8.10. The predicted octanol–water partition coefficient (Wildman–Crippen LogP) is -0.512. The van der Waals surface area contributed by atoms with Crippen molar-refractivity contribution in [2.45, 2.75) is 0 Å². The van der Waals surface area contributed by atoms with Gasteiger partial charge >= 0.3 is 5.09 Å². The highest BCUT2D eigenvalue weighted by atomic mass is 32.2. The lowest BCUT2D eigenvalue weighted by Crippen LogP contribution is -2.01. The van der Waals surface area contributed by atoms with Crippen LogP contribution in [-0.2, 0) is 15.4 Å². The quantitative estimate of drug-likeness (QED) is 0.368. The molecule has 0 amide bonds. The molecule has 0 aliphatic rings. The highest BCUT2D eigenvalue weighted by Gasteiger charge is 1.94. The lowest BCUT2D eigenvalue weighted by atomic mass is 12.0. The minimum absolute atomic E-state index is 1.07. The molecule has 0 N–H and O–H groups in total. The van der Waals surface area contributed by atoms with Crippen LogP contribution in [0.4, 0.5) is 0 Å². The Kier molecular flexibility index (Phi) is 2.28. The molecule has 0 aromatic rings. The molecule has 0 aliphatic carbocycles. The van der Waals surface area contributed by atoms with Crippen molar-refractivity contribution >= 4 is 11.1 Å². The molecule has 7 heavy (non-hydrogen) atoms. The molecule has 1 atom stereocenters. The van der Waals surface area contributed by atoms with E-state index in [0.29, 0.717) is 0 Å². The fourth-order valence-corrected chi connectivity index (χ4v) is 0.257. The summed E-state index contributed by atoms with van der Waals surface area (Å²) in [6.07, 6.45) is 1.07. The van der Waals surface area contributed by atoms with Crippen LogP contribution in [0.5, 0.6) is 0 Å². The summed E-state index contributed by atoms with van der Waals surface area (Å²) >= 11 is -1.79. The Morgan fingerprint density at radius 1 is 1.86 bits per heavy atom. The second kappa shape index (κ2) is 2.51. The van der Waals surface area contributed by atoms with Crippen LogP contribution in [0, 0.1) is 10.1 Å². The van der Waals surface area contributed by atoms with E-state index in [1.165, 1.54) is 0 Å². The van der Waals surface area contributed by atoms with E-state index in [9.17, 15) is 14.3 Å². The second-order valence-corrected chi connectivity index (χ2v) is 1.65. The van der Waals surface area contributed by atoms with Gasteiger partial charge in [0.05, 0.1) is 0 Å². The summed E-state index contributed by atoms with van der Waals surface area (Å²) in [6.45, 7) is 0. The first-order chi connectivity index (χ1) is 3.13. The summed E-state index contributed by atoms with van der Waals surface area (Å²) in [5.41, 5.74) is 0. The van der Waals surface area contributed by atoms with Crippen molar-refractivity contribution in [2.24, 2.45) is 0 Å². The molecule has 0 fully saturated rings. The van der Waals surface area contributed by atoms with Gasteiger partial charge in [0, 0.05) is 6.26 Å². The van der Waals surface area contributed by atoms with Crippen molar-refractivity contribution in [3.63, 3.8) is 0 Å². The van der Waals surface area contributed by atoms with Crippen molar-refractivity contribution in [2.75, 3.05) is 6.26 Å². The van der Waals surface area contributed by atoms with Crippen molar-refractivity contribution < 1.29 is 13.6 Å². The number of rotatable bonds is 2. The lowest BCUT2D eigenvalue weighted by Gasteiger charge is -1.84. The van der Waals surface area contributed by atoms with Gasteiger partial charge in [-0.2, -0.15) is 0 Å². The second-order valence-electron chi connectivity index (χ2n) is 0.700. The molecule has 0 aromatic heterocycles. The third-order valence-electron chi connectivity index (χ3n) is 0.166. The fourth-order valence-electron chi connectivity index (χ4n) is 0.0857. The maximum atomic E-state index is 9.70. The van der Waals surface area contributed by atoms with Crippen LogP contribution in [-0.4, -0.2) is 15.6 Å². The van der Waals surface area contributed by atoms with Crippen LogP contribution in [0.1, 0.15) is 0 Å². The minimum Gasteiger partial charge on any atom is -0.231 e. The Morgan fingerprint density at radius 2 is 2.29 bits per heavy atom. The zero-order valence-electron chi connectivity index (χ0n) is 3.49. The van der Waals surface area contributed by atoms with Gasteiger partial charge < -0.3 is 0 Å². The number of hydrogen-bond acceptors (Lipinski definition) is 4. The Labute approximate surface area is 42.0 Å². The first-order valence-electron chi connectivity index (χ1n) is 1.29. The van der Waals surface area contributed by atoms with Crippen molar-refractivity contribution in [3.8, 4) is 0 Å². The average Bonchev–Trinajstić information content (AvgIpc) is 1.27. The van der Waals surface area contributed by atoms with E-state index in [1.54, 1.807) is 0 Å². The maximum absolute atomic E-state index is 9.70. The minimum atomic E-state index is -1.79. The van der Waals surface area contributed by atoms with Crippen LogP contribution in [0.25, 0.3) is 0 Å². The van der Waals surface area contributed by atoms with E-state index in [4.69, 9.17) is 0 Å². The Morgan fingerprint density at radius 3 is 2.29 bits per heavy atom. The van der Waals surface area contributed by atoms with Gasteiger partial charge in [-0.25, -0.2) is 8.49 Å². The largest absolute Gasteiger partial charge is 0.308 e. The van der Waals surface area contributed by atoms with Gasteiger partial charge in [-0.1, -0.05) is 0 Å². The smallest absolute Gasteiger partial charge is 0.231 e. The van der Waals surface area contributed by atoms with Crippen LogP contribution in [0.3, 0.4) is 0 Å². The zero-order chi connectivity index (χ0) is 5.86. The van der Waals surface area contributed by atoms with E-state index in [2.05, 4.69) is 4.28 Å². The zero-order valence-corrected chi connectivity index (χ0v) is 4.30. The van der Waals surface area contributed by atoms with Gasteiger partial charge in [0.25, 0.3) is 0 Å². The monoisotopic (exact) mass is 125 g/mol. The molecule has 0 saturated heterocycles. The molecule has 0 saturated carbocycles. The molecule has 0 spiro atoms. The standard InChI is InChI=1S/CH3NO4S/c1-7(5)6-2(3)4/h1H3. The fraction of sp³-hybridized carbons (Fsp3) is 1.00. The Bertz CT molecular complexity index is 87.9. The molecule has 42 valence electrons. The Balaban J connectivity index is 3.32. The molecule has 6 heteroatoms. The average molecular weight is 125 g/mol. The number of hydrogen-bond donors (Lipinski definition) is 0. The molecule has 1 unspecified atom stereocenters. The van der Waals surface area contributed by atoms with E-state index < -0.39 is 16.2 Å². The molecule has 0 rings (SSSR count). The summed E-state index contributed by atoms with van der Waals surface area (Å²) in [4.78, 5) is 9.20. The SMILES string of the molecule is CS(=O)O[N+](=O)[O-]. The molecule has 0 bridgehead atoms. The van der Waals surface area contributed by atoms with Crippen LogP contribution < -0.4 is 0 Å². The maximum Gasteiger partial charge on any atom is 0.308 e. The highest BCUT2D eigenvalue weighted by molar-refractivity contribution is 7.79. The molecule has 0 heterocycles. The molecular weight excluding hydrogens is 122 g/mol. The number of nitrogens with zero attached hydrogens (tertiary/aromatic N) is 1. The highest BCUT2D eigenvalue weighted by Crippen LogP contribution is 1.75. The normalized spacial score (nSPS) is 12.7. The predicted molar refractivity (Wildman–Crippen MR) is 22.1 cm³/mol. The molecule has 5 nitrogen and oxygen atoms in total. The van der Waals surface area contributed by atoms with Gasteiger partial charge in [-0.05, 0) is 0 Å². The van der Waals surface area contributed by atoms with Gasteiger partial charge in [0.1, 0.15) is 0 Å². The topological polar surface area (TPSA) is 69.4 Å². The lowest BCUT2D eigenvalue weighted by molar-refractivity contribution is -0.709. The van der Waals surface area contributed by atoms with Crippen molar-refractivity contribution in [1.82, 2.24) is 0 Å². The van der Waals surface area contributed by atoms with Gasteiger partial charge in [0.2, 0.25) is 0 Å². The van der Waals surface area contributed by atoms with Gasteiger partial charge in [-0.15, -0.1) is 10.1 Å². The van der Waals surface area contributed by atoms with Gasteiger partial charge in [-0.3, -0.25) is 0 Å². The molecular formula is CH3NO4S. The molecule has 0 aliphatic heterocycles. The third-order valence-corrected chi connectivity index (χ3v) is 0.497. The first-order valence-corrected chi connectivity index (χ1v) is 2.77. The van der Waals surface area contributed by atoms with Crippen LogP contribution >= 0.6 is 0 Å². The van der Waals surface area contributed by atoms with E-state index >= 15 is 0 Å². The molecule has 0 radical (unpaired) electrons. The van der Waals surface area contributed by atoms with E-state index in [1.807, 2.05) is 0 Å². The van der Waals surface area contributed by atoms with Crippen LogP contribution in [0.2, 0.25) is 0 Å². The van der Waals surface area contributed by atoms with Crippen molar-refractivity contribution in [3.05, 3.63) is 10.1 Å².